The number of thioether (sulfide) groups is 1. The minimum Gasteiger partial charge on any atom is -0.480 e. The van der Waals surface area contributed by atoms with Gasteiger partial charge in [0.1, 0.15) is 5.54 Å². The summed E-state index contributed by atoms with van der Waals surface area (Å²) in [6, 6.07) is 0.357. The summed E-state index contributed by atoms with van der Waals surface area (Å²) >= 11 is 1.45. The van der Waals surface area contributed by atoms with E-state index in [1.54, 1.807) is 14.0 Å². The topological polar surface area (TPSA) is 100 Å². The van der Waals surface area contributed by atoms with Crippen molar-refractivity contribution in [2.75, 3.05) is 5.75 Å². The average molecular weight is 300 g/mol. The van der Waals surface area contributed by atoms with Crippen molar-refractivity contribution in [1.82, 2.24) is 20.1 Å². The number of hydrogen-bond acceptors (Lipinski definition) is 5. The van der Waals surface area contributed by atoms with E-state index in [0.717, 1.165) is 25.0 Å². The minimum atomic E-state index is -0.862. The van der Waals surface area contributed by atoms with Gasteiger partial charge in [0, 0.05) is 18.8 Å². The van der Waals surface area contributed by atoms with Gasteiger partial charge in [-0.25, -0.2) is 9.89 Å². The van der Waals surface area contributed by atoms with Crippen LogP contribution in [0.1, 0.15) is 32.6 Å². The lowest BCUT2D eigenvalue weighted by Gasteiger charge is -2.26. The van der Waals surface area contributed by atoms with Crippen LogP contribution in [0.4, 0.5) is 0 Å². The van der Waals surface area contributed by atoms with Crippen molar-refractivity contribution < 1.29 is 9.90 Å². The maximum Gasteiger partial charge on any atom is 0.343 e. The second kappa shape index (κ2) is 6.01. The monoisotopic (exact) mass is 300 g/mol. The quantitative estimate of drug-likeness (QED) is 0.479. The number of H-pyrrole nitrogens is 1. The molecular formula is C12H20N4O3S. The Balaban J connectivity index is 1.80. The average Bonchev–Trinajstić information content (AvgIpc) is 3.14. The van der Waals surface area contributed by atoms with Crippen molar-refractivity contribution in [3.63, 3.8) is 0 Å². The van der Waals surface area contributed by atoms with E-state index in [0.29, 0.717) is 17.6 Å². The maximum absolute atomic E-state index is 11.4. The van der Waals surface area contributed by atoms with Gasteiger partial charge >= 0.3 is 11.7 Å². The molecule has 7 nitrogen and oxygen atoms in total. The van der Waals surface area contributed by atoms with E-state index >= 15 is 0 Å². The van der Waals surface area contributed by atoms with Gasteiger partial charge in [0.25, 0.3) is 0 Å². The molecule has 2 rings (SSSR count). The van der Waals surface area contributed by atoms with Crippen LogP contribution in [0, 0.1) is 0 Å². The second-order valence-corrected chi connectivity index (χ2v) is 6.44. The number of carbonyl (C=O) groups is 1. The highest BCUT2D eigenvalue weighted by Crippen LogP contribution is 2.26. The highest BCUT2D eigenvalue weighted by Gasteiger charge is 2.37. The molecule has 1 aromatic rings. The van der Waals surface area contributed by atoms with Crippen molar-refractivity contribution in [1.29, 1.82) is 0 Å². The molecule has 1 aliphatic rings. The van der Waals surface area contributed by atoms with E-state index < -0.39 is 11.5 Å². The Morgan fingerprint density at radius 3 is 2.85 bits per heavy atom. The molecule has 1 aliphatic carbocycles. The molecule has 1 fully saturated rings. The van der Waals surface area contributed by atoms with E-state index in [9.17, 15) is 14.7 Å². The van der Waals surface area contributed by atoms with Crippen molar-refractivity contribution in [3.8, 4) is 0 Å². The molecular weight excluding hydrogens is 280 g/mol. The molecule has 0 spiro atoms. The van der Waals surface area contributed by atoms with E-state index in [-0.39, 0.29) is 5.69 Å². The lowest BCUT2D eigenvalue weighted by molar-refractivity contribution is -0.144. The molecule has 0 aromatic carbocycles. The Kier molecular flexibility index (Phi) is 4.54. The van der Waals surface area contributed by atoms with E-state index in [1.807, 2.05) is 0 Å². The van der Waals surface area contributed by atoms with Crippen LogP contribution in [-0.2, 0) is 11.8 Å². The standard InChI is InChI=1S/C12H20N4O3S/c1-12(9(17)18,13-8-4-5-8)6-3-7-20-11-15-14-10(19)16(11)2/h8,13H,3-7H2,1-2H3,(H,14,19)(H,17,18). The largest absolute Gasteiger partial charge is 0.480 e. The van der Waals surface area contributed by atoms with Crippen LogP contribution < -0.4 is 11.0 Å². The highest BCUT2D eigenvalue weighted by atomic mass is 32.2. The normalized spacial score (nSPS) is 17.9. The fraction of sp³-hybridized carbons (Fsp3) is 0.750. The zero-order valence-electron chi connectivity index (χ0n) is 11.7. The van der Waals surface area contributed by atoms with Gasteiger partial charge in [-0.05, 0) is 32.6 Å². The number of nitrogens with one attached hydrogen (secondary N) is 2. The van der Waals surface area contributed by atoms with Crippen molar-refractivity contribution in [2.24, 2.45) is 7.05 Å². The summed E-state index contributed by atoms with van der Waals surface area (Å²) in [5.74, 6) is -0.0746. The maximum atomic E-state index is 11.4. The fourth-order valence-electron chi connectivity index (χ4n) is 1.97. The van der Waals surface area contributed by atoms with Crippen LogP contribution in [-0.4, -0.2) is 43.2 Å². The lowest BCUT2D eigenvalue weighted by atomic mass is 9.96. The third-order valence-corrected chi connectivity index (χ3v) is 4.58. The summed E-state index contributed by atoms with van der Waals surface area (Å²) in [5.41, 5.74) is -1.10. The lowest BCUT2D eigenvalue weighted by Crippen LogP contribution is -2.50. The van der Waals surface area contributed by atoms with Crippen molar-refractivity contribution >= 4 is 17.7 Å². The number of aliphatic carboxylic acids is 1. The predicted octanol–water partition coefficient (Wildman–Crippen LogP) is 0.576. The molecule has 1 aromatic heterocycles. The summed E-state index contributed by atoms with van der Waals surface area (Å²) < 4.78 is 1.45. The summed E-state index contributed by atoms with van der Waals surface area (Å²) in [5, 5.41) is 19.4. The van der Waals surface area contributed by atoms with Gasteiger partial charge in [-0.1, -0.05) is 11.8 Å². The first kappa shape index (κ1) is 15.1. The number of rotatable bonds is 8. The predicted molar refractivity (Wildman–Crippen MR) is 76.0 cm³/mol. The minimum absolute atomic E-state index is 0.238. The molecule has 0 radical (unpaired) electrons. The summed E-state index contributed by atoms with van der Waals surface area (Å²) in [7, 11) is 1.66. The summed E-state index contributed by atoms with van der Waals surface area (Å²) in [4.78, 5) is 22.6. The van der Waals surface area contributed by atoms with Gasteiger partial charge in [-0.15, -0.1) is 5.10 Å². The Morgan fingerprint density at radius 2 is 2.35 bits per heavy atom. The molecule has 8 heteroatoms. The van der Waals surface area contributed by atoms with Crippen LogP contribution >= 0.6 is 11.8 Å². The third-order valence-electron chi connectivity index (χ3n) is 3.46. The molecule has 0 amide bonds. The molecule has 0 bridgehead atoms. The number of carboxylic acid groups (broad SMARTS) is 1. The Labute approximate surface area is 121 Å². The van der Waals surface area contributed by atoms with E-state index in [2.05, 4.69) is 15.5 Å². The van der Waals surface area contributed by atoms with Gasteiger partial charge in [0.15, 0.2) is 5.16 Å². The zero-order valence-corrected chi connectivity index (χ0v) is 12.5. The van der Waals surface area contributed by atoms with Crippen LogP contribution in [0.15, 0.2) is 9.95 Å². The number of nitrogens with zero attached hydrogens (tertiary/aromatic N) is 2. The summed E-state index contributed by atoms with van der Waals surface area (Å²) in [6.45, 7) is 1.74. The smallest absolute Gasteiger partial charge is 0.343 e. The third kappa shape index (κ3) is 3.63. The van der Waals surface area contributed by atoms with Crippen LogP contribution in [0.2, 0.25) is 0 Å². The zero-order chi connectivity index (χ0) is 14.8. The Morgan fingerprint density at radius 1 is 1.65 bits per heavy atom. The van der Waals surface area contributed by atoms with Gasteiger partial charge in [0.05, 0.1) is 0 Å². The van der Waals surface area contributed by atoms with E-state index in [4.69, 9.17) is 0 Å². The first-order valence-electron chi connectivity index (χ1n) is 6.68. The number of aromatic nitrogens is 3. The van der Waals surface area contributed by atoms with Crippen molar-refractivity contribution in [3.05, 3.63) is 10.5 Å². The van der Waals surface area contributed by atoms with Crippen LogP contribution in [0.25, 0.3) is 0 Å². The first-order valence-corrected chi connectivity index (χ1v) is 7.66. The van der Waals surface area contributed by atoms with Crippen LogP contribution in [0.3, 0.4) is 0 Å². The van der Waals surface area contributed by atoms with Gasteiger partial charge in [0.2, 0.25) is 0 Å². The number of aromatic amines is 1. The van der Waals surface area contributed by atoms with Gasteiger partial charge < -0.3 is 5.11 Å². The molecule has 3 N–H and O–H groups in total. The molecule has 1 unspecified atom stereocenters. The molecule has 0 saturated heterocycles. The number of hydrogen-bond donors (Lipinski definition) is 3. The van der Waals surface area contributed by atoms with Gasteiger partial charge in [-0.3, -0.25) is 14.7 Å². The molecule has 20 heavy (non-hydrogen) atoms. The van der Waals surface area contributed by atoms with Crippen molar-refractivity contribution in [2.45, 2.75) is 49.3 Å². The number of carboxylic acids is 1. The molecule has 1 saturated carbocycles. The molecule has 112 valence electrons. The molecule has 0 aliphatic heterocycles. The Bertz CT molecular complexity index is 537. The summed E-state index contributed by atoms with van der Waals surface area (Å²) in [6.07, 6.45) is 3.43. The van der Waals surface area contributed by atoms with Crippen LogP contribution in [0.5, 0.6) is 0 Å². The first-order chi connectivity index (χ1) is 9.42. The SMILES string of the molecule is Cn1c(SCCCC(C)(NC2CC2)C(=O)O)n[nH]c1=O. The fourth-order valence-corrected chi connectivity index (χ4v) is 2.83. The molecule has 1 heterocycles. The highest BCUT2D eigenvalue weighted by molar-refractivity contribution is 7.99. The molecule has 1 atom stereocenters. The Hall–Kier alpha value is -1.28. The van der Waals surface area contributed by atoms with Gasteiger partial charge in [-0.2, -0.15) is 0 Å². The van der Waals surface area contributed by atoms with E-state index in [1.165, 1.54) is 16.3 Å². The second-order valence-electron chi connectivity index (χ2n) is 5.38.